The molecular weight excluding hydrogens is 841 g/mol. The van der Waals surface area contributed by atoms with E-state index in [1.807, 2.05) is 36.4 Å². The van der Waals surface area contributed by atoms with Gasteiger partial charge in [0.05, 0.1) is 0 Å². The molecule has 0 aromatic heterocycles. The fourth-order valence-electron chi connectivity index (χ4n) is 7.39. The first kappa shape index (κ1) is 67.0. The summed E-state index contributed by atoms with van der Waals surface area (Å²) in [5, 5.41) is 13.4. The Hall–Kier alpha value is -7.28. The first-order valence-corrected chi connectivity index (χ1v) is 21.5. The van der Waals surface area contributed by atoms with E-state index in [1.165, 1.54) is 87.2 Å². The lowest BCUT2D eigenvalue weighted by Gasteiger charge is -2.06. The van der Waals surface area contributed by atoms with Gasteiger partial charge in [0.1, 0.15) is 0 Å². The molecule has 0 aliphatic rings. The molecule has 0 fully saturated rings. The van der Waals surface area contributed by atoms with Gasteiger partial charge >= 0.3 is 0 Å². The van der Waals surface area contributed by atoms with Gasteiger partial charge in [-0.15, -0.1) is 0 Å². The molecule has 0 radical (unpaired) electrons. The van der Waals surface area contributed by atoms with E-state index in [0.717, 1.165) is 0 Å². The lowest BCUT2D eigenvalue weighted by atomic mass is 9.98. The van der Waals surface area contributed by atoms with Crippen molar-refractivity contribution in [2.45, 2.75) is 101 Å². The summed E-state index contributed by atoms with van der Waals surface area (Å²) in [6.45, 7) is 12.8. The van der Waals surface area contributed by atoms with E-state index >= 15 is 0 Å². The Bertz CT molecular complexity index is 2880. The van der Waals surface area contributed by atoms with E-state index in [0.29, 0.717) is 0 Å². The minimum Gasteiger partial charge on any atom is -0.0776 e. The average Bonchev–Trinajstić information content (AvgIpc) is 3.31. The highest BCUT2D eigenvalue weighted by atomic mass is 14.1. The molecule has 0 saturated carbocycles. The Kier molecular flexibility index (Phi) is 33.4. The van der Waals surface area contributed by atoms with Crippen LogP contribution < -0.4 is 0 Å². The molecular formula is C70H90. The van der Waals surface area contributed by atoms with Crippen molar-refractivity contribution in [3.63, 3.8) is 0 Å². The summed E-state index contributed by atoms with van der Waals surface area (Å²) in [7, 11) is 0. The van der Waals surface area contributed by atoms with Crippen LogP contribution >= 0.6 is 0 Å². The van der Waals surface area contributed by atoms with Gasteiger partial charge in [-0.25, -0.2) is 0 Å². The van der Waals surface area contributed by atoms with Gasteiger partial charge in [-0.05, 0) is 118 Å². The summed E-state index contributed by atoms with van der Waals surface area (Å²) in [6.07, 6.45) is 0. The summed E-state index contributed by atoms with van der Waals surface area (Å²) >= 11 is 0. The van der Waals surface area contributed by atoms with E-state index < -0.39 is 0 Å². The predicted molar refractivity (Wildman–Crippen MR) is 328 cm³/mol. The predicted octanol–water partition coefficient (Wildman–Crippen LogP) is 22.8. The molecule has 0 amide bonds. The van der Waals surface area contributed by atoms with Crippen LogP contribution in [0, 0.1) is 41.5 Å². The molecule has 0 saturated heterocycles. The van der Waals surface area contributed by atoms with Crippen molar-refractivity contribution < 1.29 is 0 Å². The lowest BCUT2D eigenvalue weighted by Crippen LogP contribution is -1.81. The van der Waals surface area contributed by atoms with Gasteiger partial charge in [0.15, 0.2) is 0 Å². The maximum atomic E-state index is 2.26. The monoisotopic (exact) mass is 931 g/mol. The minimum atomic E-state index is 0. The molecule has 0 N–H and O–H groups in total. The second-order valence-electron chi connectivity index (χ2n) is 15.7. The van der Waals surface area contributed by atoms with Gasteiger partial charge < -0.3 is 0 Å². The van der Waals surface area contributed by atoms with Crippen molar-refractivity contribution in [1.82, 2.24) is 0 Å². The number of fused-ring (bicyclic) bond motifs is 5. The highest BCUT2D eigenvalue weighted by Crippen LogP contribution is 2.27. The molecule has 0 heteroatoms. The van der Waals surface area contributed by atoms with Crippen molar-refractivity contribution >= 4 is 53.9 Å². The minimum absolute atomic E-state index is 0. The molecule has 0 aliphatic carbocycles. The van der Waals surface area contributed by atoms with Crippen LogP contribution in [0.3, 0.4) is 0 Å². The Morgan fingerprint density at radius 3 is 0.843 bits per heavy atom. The van der Waals surface area contributed by atoms with Gasteiger partial charge in [-0.2, -0.15) is 0 Å². The van der Waals surface area contributed by atoms with Crippen LogP contribution in [-0.4, -0.2) is 0 Å². The molecule has 11 rings (SSSR count). The zero-order valence-electron chi connectivity index (χ0n) is 37.1. The zero-order chi connectivity index (χ0) is 43.5. The first-order chi connectivity index (χ1) is 30.3. The third-order valence-corrected chi connectivity index (χ3v) is 10.8. The molecule has 0 unspecified atom stereocenters. The summed E-state index contributed by atoms with van der Waals surface area (Å²) in [5.41, 5.74) is 8.05. The van der Waals surface area contributed by atoms with Crippen LogP contribution in [0.1, 0.15) is 92.8 Å². The zero-order valence-corrected chi connectivity index (χ0v) is 37.1. The second kappa shape index (κ2) is 34.9. The van der Waals surface area contributed by atoms with Crippen LogP contribution in [0.15, 0.2) is 243 Å². The van der Waals surface area contributed by atoms with Gasteiger partial charge in [0.2, 0.25) is 0 Å². The number of rotatable bonds is 0. The molecule has 0 heterocycles. The normalized spacial score (nSPS) is 8.94. The van der Waals surface area contributed by atoms with E-state index in [4.69, 9.17) is 0 Å². The highest BCUT2D eigenvalue weighted by molar-refractivity contribution is 6.02. The lowest BCUT2D eigenvalue weighted by molar-refractivity contribution is 1.48. The van der Waals surface area contributed by atoms with Crippen LogP contribution in [0.2, 0.25) is 0 Å². The molecule has 370 valence electrons. The van der Waals surface area contributed by atoms with Crippen LogP contribution in [0.25, 0.3) is 53.9 Å². The molecule has 70 heavy (non-hydrogen) atoms. The van der Waals surface area contributed by atoms with Crippen LogP contribution in [0.5, 0.6) is 0 Å². The third-order valence-electron chi connectivity index (χ3n) is 10.8. The second-order valence-corrected chi connectivity index (χ2v) is 15.7. The summed E-state index contributed by atoms with van der Waals surface area (Å²) in [6, 6.07) is 84.5. The van der Waals surface area contributed by atoms with Crippen molar-refractivity contribution in [3.05, 3.63) is 276 Å². The third kappa shape index (κ3) is 19.7. The number of hydrogen-bond acceptors (Lipinski definition) is 0. The highest BCUT2D eigenvalue weighted by Gasteiger charge is 2.02. The fraction of sp³-hybridized carbons (Fsp3) is 0.200. The molecule has 11 aromatic rings. The van der Waals surface area contributed by atoms with E-state index in [1.54, 1.807) is 0 Å². The molecule has 0 atom stereocenters. The summed E-state index contributed by atoms with van der Waals surface area (Å²) in [5.74, 6) is 0. The summed E-state index contributed by atoms with van der Waals surface area (Å²) < 4.78 is 0. The number of benzene rings is 11. The Labute approximate surface area is 428 Å². The van der Waals surface area contributed by atoms with Crippen molar-refractivity contribution in [2.24, 2.45) is 0 Å². The van der Waals surface area contributed by atoms with E-state index in [2.05, 4.69) is 248 Å². The van der Waals surface area contributed by atoms with Gasteiger partial charge in [-0.3, -0.25) is 0 Å². The SMILES string of the molecule is C.C.C.C.C.C.C.C.Cc1c2ccccc2cc2ccccc12.Cc1ccc2ccccc2c1.Cc1cccc2ccccc12.Cc1cccc2ccccc12.Cc1ccccc1.Cc1ccccc1. The van der Waals surface area contributed by atoms with Crippen LogP contribution in [0.4, 0.5) is 0 Å². The number of hydrogen-bond donors (Lipinski definition) is 0. The molecule has 11 aromatic carbocycles. The Morgan fingerprint density at radius 2 is 0.486 bits per heavy atom. The maximum absolute atomic E-state index is 2.26. The maximum Gasteiger partial charge on any atom is -0.0148 e. The van der Waals surface area contributed by atoms with Crippen molar-refractivity contribution in [2.75, 3.05) is 0 Å². The van der Waals surface area contributed by atoms with E-state index in [9.17, 15) is 0 Å². The Balaban J connectivity index is -0.000000765. The largest absolute Gasteiger partial charge is 0.0776 e. The van der Waals surface area contributed by atoms with Crippen molar-refractivity contribution in [1.29, 1.82) is 0 Å². The van der Waals surface area contributed by atoms with Crippen LogP contribution in [-0.2, 0) is 0 Å². The smallest absolute Gasteiger partial charge is 0.0148 e. The molecule has 0 spiro atoms. The number of aryl methyl sites for hydroxylation is 6. The van der Waals surface area contributed by atoms with Crippen molar-refractivity contribution in [3.8, 4) is 0 Å². The average molecular weight is 931 g/mol. The fourth-order valence-corrected chi connectivity index (χ4v) is 7.39. The molecule has 0 nitrogen and oxygen atoms in total. The van der Waals surface area contributed by atoms with E-state index in [-0.39, 0.29) is 59.4 Å². The van der Waals surface area contributed by atoms with Gasteiger partial charge in [-0.1, -0.05) is 313 Å². The summed E-state index contributed by atoms with van der Waals surface area (Å²) in [4.78, 5) is 0. The first-order valence-electron chi connectivity index (χ1n) is 21.5. The Morgan fingerprint density at radius 1 is 0.186 bits per heavy atom. The van der Waals surface area contributed by atoms with Gasteiger partial charge in [0.25, 0.3) is 0 Å². The standard InChI is InChI=1S/C15H12.3C11H10.2C7H8.8CH4/c1-11-14-8-4-2-6-12(14)10-13-7-3-5-9-15(11)13;2*1-9-5-4-7-10-6-2-3-8-11(9)10;1-9-6-7-10-4-2-3-5-11(10)8-9;2*1-7-5-3-2-4-6-7;;;;;;;;/h2-10H,1H3;3*2-8H,1H3;2*2-6H,1H3;8*1H4. The molecule has 0 bridgehead atoms. The molecule has 0 aliphatic heterocycles. The quantitative estimate of drug-likeness (QED) is 0.133. The topological polar surface area (TPSA) is 0 Å². The van der Waals surface area contributed by atoms with Gasteiger partial charge in [0, 0.05) is 0 Å².